The lowest BCUT2D eigenvalue weighted by atomic mass is 10.1. The van der Waals surface area contributed by atoms with Crippen LogP contribution >= 0.6 is 11.6 Å². The Hall–Kier alpha value is -1.43. The van der Waals surface area contributed by atoms with E-state index in [4.69, 9.17) is 11.6 Å². The summed E-state index contributed by atoms with van der Waals surface area (Å²) in [5.41, 5.74) is 1.34. The van der Waals surface area contributed by atoms with Crippen molar-refractivity contribution < 1.29 is 13.2 Å². The van der Waals surface area contributed by atoms with Crippen LogP contribution in [-0.4, -0.2) is 16.1 Å². The van der Waals surface area contributed by atoms with E-state index < -0.39 is 18.0 Å². The molecule has 0 saturated carbocycles. The Labute approximate surface area is 105 Å². The fraction of sp³-hybridized carbons (Fsp3) is 0.364. The molecule has 1 unspecified atom stereocenters. The van der Waals surface area contributed by atoms with Gasteiger partial charge >= 0.3 is 11.9 Å². The summed E-state index contributed by atoms with van der Waals surface area (Å²) in [6.07, 6.45) is -5.33. The Morgan fingerprint density at radius 1 is 1.22 bits per heavy atom. The lowest BCUT2D eigenvalue weighted by Gasteiger charge is -2.11. The lowest BCUT2D eigenvalue weighted by molar-refractivity contribution is -0.135. The van der Waals surface area contributed by atoms with Crippen LogP contribution in [0.25, 0.3) is 11.0 Å². The van der Waals surface area contributed by atoms with E-state index in [0.717, 1.165) is 0 Å². The number of H-pyrrole nitrogens is 2. The highest BCUT2D eigenvalue weighted by atomic mass is 35.5. The number of hydrogen-bond donors (Lipinski definition) is 2. The predicted octanol–water partition coefficient (Wildman–Crippen LogP) is 3.48. The smallest absolute Gasteiger partial charge is 0.306 e. The molecule has 1 aromatic heterocycles. The number of benzene rings is 1. The molecule has 1 atom stereocenters. The summed E-state index contributed by atoms with van der Waals surface area (Å²) in [5, 5.41) is -0.727. The summed E-state index contributed by atoms with van der Waals surface area (Å²) >= 11 is 5.92. The van der Waals surface area contributed by atoms with Crippen molar-refractivity contribution in [1.82, 2.24) is 9.97 Å². The third kappa shape index (κ3) is 3.07. The Morgan fingerprint density at radius 3 is 2.56 bits per heavy atom. The van der Waals surface area contributed by atoms with Crippen molar-refractivity contribution >= 4 is 22.6 Å². The van der Waals surface area contributed by atoms with Crippen LogP contribution in [0.2, 0.25) is 0 Å². The first-order chi connectivity index (χ1) is 8.35. The molecule has 0 fully saturated rings. The van der Waals surface area contributed by atoms with E-state index in [-0.39, 0.29) is 12.1 Å². The topological polar surface area (TPSA) is 48.6 Å². The average Bonchev–Trinajstić information content (AvgIpc) is 2.63. The Morgan fingerprint density at radius 2 is 1.89 bits per heavy atom. The van der Waals surface area contributed by atoms with Gasteiger partial charge in [0.1, 0.15) is 0 Å². The van der Waals surface area contributed by atoms with Crippen molar-refractivity contribution in [2.24, 2.45) is 0 Å². The fourth-order valence-electron chi connectivity index (χ4n) is 1.70. The van der Waals surface area contributed by atoms with Gasteiger partial charge in [0.25, 0.3) is 0 Å². The van der Waals surface area contributed by atoms with Crippen molar-refractivity contribution in [2.45, 2.75) is 24.4 Å². The molecule has 98 valence electrons. The molecule has 2 N–H and O–H groups in total. The van der Waals surface area contributed by atoms with Crippen molar-refractivity contribution in [3.63, 3.8) is 0 Å². The third-order valence-corrected chi connectivity index (χ3v) is 3.05. The quantitative estimate of drug-likeness (QED) is 0.830. The first-order valence-electron chi connectivity index (χ1n) is 5.28. The highest BCUT2D eigenvalue weighted by Crippen LogP contribution is 2.32. The van der Waals surface area contributed by atoms with Crippen LogP contribution in [0, 0.1) is 0 Å². The summed E-state index contributed by atoms with van der Waals surface area (Å²) in [6.45, 7) is 0. The number of fused-ring (bicyclic) bond motifs is 1. The van der Waals surface area contributed by atoms with Gasteiger partial charge < -0.3 is 9.97 Å². The van der Waals surface area contributed by atoms with E-state index in [0.29, 0.717) is 16.6 Å². The third-order valence-electron chi connectivity index (χ3n) is 2.58. The molecule has 2 rings (SSSR count). The minimum Gasteiger partial charge on any atom is -0.306 e. The summed E-state index contributed by atoms with van der Waals surface area (Å²) < 4.78 is 36.2. The molecule has 0 radical (unpaired) electrons. The van der Waals surface area contributed by atoms with Gasteiger partial charge in [-0.2, -0.15) is 13.2 Å². The summed E-state index contributed by atoms with van der Waals surface area (Å²) in [6, 6.07) is 4.81. The van der Waals surface area contributed by atoms with E-state index in [9.17, 15) is 18.0 Å². The SMILES string of the molecule is O=c1[nH]c2ccc(C(Cl)CCC(F)(F)F)cc2[nH]1. The van der Waals surface area contributed by atoms with Crippen LogP contribution in [0.5, 0.6) is 0 Å². The summed E-state index contributed by atoms with van der Waals surface area (Å²) in [4.78, 5) is 16.1. The van der Waals surface area contributed by atoms with Crippen molar-refractivity contribution in [2.75, 3.05) is 0 Å². The van der Waals surface area contributed by atoms with Crippen LogP contribution in [0.15, 0.2) is 23.0 Å². The zero-order valence-electron chi connectivity index (χ0n) is 9.14. The Balaban J connectivity index is 2.17. The van der Waals surface area contributed by atoms with Gasteiger partial charge in [0.2, 0.25) is 0 Å². The standard InChI is InChI=1S/C11H10ClF3N2O/c12-7(3-4-11(13,14)15)6-1-2-8-9(5-6)17-10(18)16-8/h1-2,5,7H,3-4H2,(H2,16,17,18). The summed E-state index contributed by atoms with van der Waals surface area (Å²) in [5.74, 6) is 0. The maximum Gasteiger partial charge on any atom is 0.389 e. The average molecular weight is 279 g/mol. The van der Waals surface area contributed by atoms with Crippen molar-refractivity contribution in [3.8, 4) is 0 Å². The molecule has 1 heterocycles. The molecule has 3 nitrogen and oxygen atoms in total. The fourth-order valence-corrected chi connectivity index (χ4v) is 1.95. The normalized spacial score (nSPS) is 14.0. The molecule has 0 amide bonds. The van der Waals surface area contributed by atoms with Crippen LogP contribution in [0.1, 0.15) is 23.8 Å². The van der Waals surface area contributed by atoms with Gasteiger partial charge in [-0.05, 0) is 24.1 Å². The second kappa shape index (κ2) is 4.68. The molecule has 0 bridgehead atoms. The maximum atomic E-state index is 12.1. The van der Waals surface area contributed by atoms with Crippen LogP contribution in [0.3, 0.4) is 0 Å². The van der Waals surface area contributed by atoms with Gasteiger partial charge in [-0.25, -0.2) is 4.79 Å². The van der Waals surface area contributed by atoms with Crippen LogP contribution in [0.4, 0.5) is 13.2 Å². The molecule has 18 heavy (non-hydrogen) atoms. The second-order valence-electron chi connectivity index (χ2n) is 4.01. The van der Waals surface area contributed by atoms with Gasteiger partial charge in [-0.15, -0.1) is 11.6 Å². The van der Waals surface area contributed by atoms with E-state index in [1.54, 1.807) is 18.2 Å². The molecule has 7 heteroatoms. The molecule has 0 spiro atoms. The number of alkyl halides is 4. The molecule has 2 aromatic rings. The van der Waals surface area contributed by atoms with Gasteiger partial charge in [0.05, 0.1) is 16.4 Å². The predicted molar refractivity (Wildman–Crippen MR) is 62.8 cm³/mol. The monoisotopic (exact) mass is 278 g/mol. The van der Waals surface area contributed by atoms with Crippen molar-refractivity contribution in [1.29, 1.82) is 0 Å². The maximum absolute atomic E-state index is 12.1. The highest BCUT2D eigenvalue weighted by molar-refractivity contribution is 6.20. The first kappa shape index (κ1) is 13.0. The molecular weight excluding hydrogens is 269 g/mol. The number of aromatic nitrogens is 2. The second-order valence-corrected chi connectivity index (χ2v) is 4.53. The van der Waals surface area contributed by atoms with E-state index >= 15 is 0 Å². The minimum absolute atomic E-state index is 0.189. The number of halogens is 4. The number of rotatable bonds is 3. The van der Waals surface area contributed by atoms with E-state index in [2.05, 4.69) is 9.97 Å². The van der Waals surface area contributed by atoms with Gasteiger partial charge in [-0.3, -0.25) is 0 Å². The minimum atomic E-state index is -4.21. The number of imidazole rings is 1. The van der Waals surface area contributed by atoms with Crippen LogP contribution < -0.4 is 5.69 Å². The zero-order chi connectivity index (χ0) is 13.3. The molecule has 0 saturated heterocycles. The highest BCUT2D eigenvalue weighted by Gasteiger charge is 2.28. The Bertz CT molecular complexity index is 602. The van der Waals surface area contributed by atoms with Crippen molar-refractivity contribution in [3.05, 3.63) is 34.2 Å². The Kier molecular flexibility index (Phi) is 3.38. The number of hydrogen-bond acceptors (Lipinski definition) is 1. The first-order valence-corrected chi connectivity index (χ1v) is 5.71. The summed E-state index contributed by atoms with van der Waals surface area (Å²) in [7, 11) is 0. The van der Waals surface area contributed by atoms with Gasteiger partial charge in [0.15, 0.2) is 0 Å². The molecule has 1 aromatic carbocycles. The molecule has 0 aliphatic rings. The van der Waals surface area contributed by atoms with E-state index in [1.165, 1.54) is 0 Å². The molecular formula is C11H10ClF3N2O. The van der Waals surface area contributed by atoms with Crippen LogP contribution in [-0.2, 0) is 0 Å². The van der Waals surface area contributed by atoms with Gasteiger partial charge in [0, 0.05) is 6.42 Å². The molecule has 0 aliphatic carbocycles. The van der Waals surface area contributed by atoms with E-state index in [1.807, 2.05) is 0 Å². The number of nitrogens with one attached hydrogen (secondary N) is 2. The lowest BCUT2D eigenvalue weighted by Crippen LogP contribution is -2.08. The zero-order valence-corrected chi connectivity index (χ0v) is 9.90. The van der Waals surface area contributed by atoms with Gasteiger partial charge in [-0.1, -0.05) is 6.07 Å². The molecule has 0 aliphatic heterocycles. The largest absolute Gasteiger partial charge is 0.389 e. The number of aromatic amines is 2.